The highest BCUT2D eigenvalue weighted by Gasteiger charge is 2.08. The first-order chi connectivity index (χ1) is 5.56. The van der Waals surface area contributed by atoms with Gasteiger partial charge in [0.15, 0.2) is 0 Å². The molecule has 0 amide bonds. The molecule has 0 atom stereocenters. The van der Waals surface area contributed by atoms with Gasteiger partial charge >= 0.3 is 0 Å². The molecule has 3 nitrogen and oxygen atoms in total. The lowest BCUT2D eigenvalue weighted by Gasteiger charge is -2.17. The number of nitrogens with two attached hydrogens (primary N) is 2. The number of hydrogen-bond donors (Lipinski definition) is 3. The van der Waals surface area contributed by atoms with Gasteiger partial charge in [-0.1, -0.05) is 0 Å². The van der Waals surface area contributed by atoms with Crippen LogP contribution in [0.2, 0.25) is 0 Å². The third kappa shape index (κ3) is 9.88. The van der Waals surface area contributed by atoms with Gasteiger partial charge in [-0.3, -0.25) is 0 Å². The smallest absolute Gasteiger partial charge is 0.00975 e. The second-order valence-corrected chi connectivity index (χ2v) is 3.98. The van der Waals surface area contributed by atoms with Crippen LogP contribution in [0.3, 0.4) is 0 Å². The molecular formula is C9H23N3. The monoisotopic (exact) mass is 173 g/mol. The maximum atomic E-state index is 5.83. The number of hydrogen-bond acceptors (Lipinski definition) is 3. The summed E-state index contributed by atoms with van der Waals surface area (Å²) >= 11 is 0. The Hall–Kier alpha value is -0.120. The van der Waals surface area contributed by atoms with Crippen molar-refractivity contribution in [3.05, 3.63) is 0 Å². The van der Waals surface area contributed by atoms with Crippen LogP contribution < -0.4 is 16.8 Å². The molecule has 0 aromatic rings. The van der Waals surface area contributed by atoms with Crippen molar-refractivity contribution in [3.8, 4) is 0 Å². The Morgan fingerprint density at radius 2 is 1.75 bits per heavy atom. The van der Waals surface area contributed by atoms with Crippen LogP contribution in [-0.4, -0.2) is 25.2 Å². The highest BCUT2D eigenvalue weighted by Crippen LogP contribution is 2.05. The molecule has 0 spiro atoms. The molecule has 0 heterocycles. The van der Waals surface area contributed by atoms with E-state index in [0.717, 1.165) is 38.9 Å². The summed E-state index contributed by atoms with van der Waals surface area (Å²) in [5.74, 6) is 0. The SMILES string of the molecule is CC(C)(N)CCCNCCCN. The first kappa shape index (κ1) is 11.9. The van der Waals surface area contributed by atoms with Crippen molar-refractivity contribution < 1.29 is 0 Å². The molecule has 12 heavy (non-hydrogen) atoms. The number of rotatable bonds is 7. The highest BCUT2D eigenvalue weighted by atomic mass is 14.8. The normalized spacial score (nSPS) is 12.0. The molecular weight excluding hydrogens is 150 g/mol. The Bertz CT molecular complexity index is 96.4. The van der Waals surface area contributed by atoms with Gasteiger partial charge in [-0.15, -0.1) is 0 Å². The minimum absolute atomic E-state index is 0.0183. The Morgan fingerprint density at radius 1 is 1.17 bits per heavy atom. The first-order valence-corrected chi connectivity index (χ1v) is 4.76. The maximum absolute atomic E-state index is 5.83. The van der Waals surface area contributed by atoms with Crippen molar-refractivity contribution in [2.24, 2.45) is 11.5 Å². The van der Waals surface area contributed by atoms with E-state index in [2.05, 4.69) is 19.2 Å². The summed E-state index contributed by atoms with van der Waals surface area (Å²) in [6, 6.07) is 0. The van der Waals surface area contributed by atoms with Crippen molar-refractivity contribution in [1.82, 2.24) is 5.32 Å². The standard InChI is InChI=1S/C9H23N3/c1-9(2,11)5-3-7-12-8-4-6-10/h12H,3-8,10-11H2,1-2H3. The van der Waals surface area contributed by atoms with Gasteiger partial charge in [0.25, 0.3) is 0 Å². The molecule has 0 aliphatic rings. The molecule has 0 aromatic carbocycles. The lowest BCUT2D eigenvalue weighted by atomic mass is 10.0. The average molecular weight is 173 g/mol. The fourth-order valence-corrected chi connectivity index (χ4v) is 1.02. The molecule has 0 bridgehead atoms. The molecule has 0 radical (unpaired) electrons. The van der Waals surface area contributed by atoms with E-state index in [1.54, 1.807) is 0 Å². The van der Waals surface area contributed by atoms with Gasteiger partial charge in [0.2, 0.25) is 0 Å². The maximum Gasteiger partial charge on any atom is 0.00975 e. The summed E-state index contributed by atoms with van der Waals surface area (Å²) in [4.78, 5) is 0. The van der Waals surface area contributed by atoms with Gasteiger partial charge < -0.3 is 16.8 Å². The van der Waals surface area contributed by atoms with Gasteiger partial charge in [-0.05, 0) is 52.7 Å². The molecule has 0 aliphatic heterocycles. The van der Waals surface area contributed by atoms with Gasteiger partial charge in [0.05, 0.1) is 0 Å². The summed E-state index contributed by atoms with van der Waals surface area (Å²) in [5.41, 5.74) is 11.2. The van der Waals surface area contributed by atoms with Crippen molar-refractivity contribution >= 4 is 0 Å². The lowest BCUT2D eigenvalue weighted by molar-refractivity contribution is 0.448. The van der Waals surface area contributed by atoms with Gasteiger partial charge in [-0.25, -0.2) is 0 Å². The van der Waals surface area contributed by atoms with E-state index < -0.39 is 0 Å². The first-order valence-electron chi connectivity index (χ1n) is 4.76. The van der Waals surface area contributed by atoms with Crippen LogP contribution in [0.25, 0.3) is 0 Å². The quantitative estimate of drug-likeness (QED) is 0.490. The van der Waals surface area contributed by atoms with Crippen molar-refractivity contribution in [2.45, 2.75) is 38.6 Å². The summed E-state index contributed by atoms with van der Waals surface area (Å²) in [7, 11) is 0. The predicted molar refractivity (Wildman–Crippen MR) is 54.0 cm³/mol. The summed E-state index contributed by atoms with van der Waals surface area (Å²) in [6.07, 6.45) is 3.28. The molecule has 0 fully saturated rings. The summed E-state index contributed by atoms with van der Waals surface area (Å²) in [6.45, 7) is 6.98. The molecule has 0 aromatic heterocycles. The molecule has 0 unspecified atom stereocenters. The predicted octanol–water partition coefficient (Wildman–Crippen LogP) is 0.442. The van der Waals surface area contributed by atoms with E-state index in [1.807, 2.05) is 0 Å². The Kier molecular flexibility index (Phi) is 6.34. The van der Waals surface area contributed by atoms with Crippen molar-refractivity contribution in [3.63, 3.8) is 0 Å². The molecule has 5 N–H and O–H groups in total. The fourth-order valence-electron chi connectivity index (χ4n) is 1.02. The molecule has 0 saturated heterocycles. The van der Waals surface area contributed by atoms with Crippen LogP contribution in [0, 0.1) is 0 Å². The third-order valence-electron chi connectivity index (χ3n) is 1.73. The third-order valence-corrected chi connectivity index (χ3v) is 1.73. The zero-order valence-electron chi connectivity index (χ0n) is 8.40. The average Bonchev–Trinajstić information content (AvgIpc) is 1.94. The summed E-state index contributed by atoms with van der Waals surface area (Å²) < 4.78 is 0. The van der Waals surface area contributed by atoms with Gasteiger partial charge in [-0.2, -0.15) is 0 Å². The molecule has 0 saturated carbocycles. The van der Waals surface area contributed by atoms with Crippen LogP contribution in [0.4, 0.5) is 0 Å². The van der Waals surface area contributed by atoms with Gasteiger partial charge in [0, 0.05) is 5.54 Å². The van der Waals surface area contributed by atoms with E-state index in [-0.39, 0.29) is 5.54 Å². The minimum Gasteiger partial charge on any atom is -0.330 e. The Morgan fingerprint density at radius 3 is 2.25 bits per heavy atom. The topological polar surface area (TPSA) is 64.1 Å². The van der Waals surface area contributed by atoms with E-state index >= 15 is 0 Å². The second-order valence-electron chi connectivity index (χ2n) is 3.98. The molecule has 0 rings (SSSR count). The van der Waals surface area contributed by atoms with E-state index in [9.17, 15) is 0 Å². The zero-order chi connectivity index (χ0) is 9.45. The van der Waals surface area contributed by atoms with E-state index in [1.165, 1.54) is 0 Å². The summed E-state index contributed by atoms with van der Waals surface area (Å²) in [5, 5.41) is 3.32. The van der Waals surface area contributed by atoms with E-state index in [0.29, 0.717) is 0 Å². The number of nitrogens with one attached hydrogen (secondary N) is 1. The Labute approximate surface area is 75.9 Å². The largest absolute Gasteiger partial charge is 0.330 e. The van der Waals surface area contributed by atoms with E-state index in [4.69, 9.17) is 11.5 Å². The molecule has 3 heteroatoms. The van der Waals surface area contributed by atoms with Crippen LogP contribution in [0.15, 0.2) is 0 Å². The molecule has 74 valence electrons. The van der Waals surface area contributed by atoms with Crippen LogP contribution in [0.1, 0.15) is 33.1 Å². The van der Waals surface area contributed by atoms with Crippen LogP contribution >= 0.6 is 0 Å². The lowest BCUT2D eigenvalue weighted by Crippen LogP contribution is -2.33. The fraction of sp³-hybridized carbons (Fsp3) is 1.00. The minimum atomic E-state index is -0.0183. The second kappa shape index (κ2) is 6.40. The zero-order valence-corrected chi connectivity index (χ0v) is 8.40. The van der Waals surface area contributed by atoms with Crippen molar-refractivity contribution in [2.75, 3.05) is 19.6 Å². The van der Waals surface area contributed by atoms with Crippen molar-refractivity contribution in [1.29, 1.82) is 0 Å². The van der Waals surface area contributed by atoms with Crippen LogP contribution in [0.5, 0.6) is 0 Å². The highest BCUT2D eigenvalue weighted by molar-refractivity contribution is 4.71. The van der Waals surface area contributed by atoms with Crippen LogP contribution in [-0.2, 0) is 0 Å². The van der Waals surface area contributed by atoms with Gasteiger partial charge in [0.1, 0.15) is 0 Å². The molecule has 0 aliphatic carbocycles. The Balaban J connectivity index is 3.01.